The van der Waals surface area contributed by atoms with Crippen molar-refractivity contribution in [2.24, 2.45) is 5.41 Å². The minimum atomic E-state index is -0.830. The molecule has 114 valence electrons. The minimum absolute atomic E-state index is 0.0895. The highest BCUT2D eigenvalue weighted by molar-refractivity contribution is 5.78. The van der Waals surface area contributed by atoms with Crippen LogP contribution in [-0.2, 0) is 9.59 Å². The molecule has 0 aromatic carbocycles. The summed E-state index contributed by atoms with van der Waals surface area (Å²) in [6, 6.07) is -0.356. The van der Waals surface area contributed by atoms with E-state index in [9.17, 15) is 14.4 Å². The quantitative estimate of drug-likeness (QED) is 0.519. The summed E-state index contributed by atoms with van der Waals surface area (Å²) in [6.07, 6.45) is 3.00. The third kappa shape index (κ3) is 5.46. The van der Waals surface area contributed by atoms with E-state index in [1.165, 1.54) is 0 Å². The van der Waals surface area contributed by atoms with Gasteiger partial charge in [-0.05, 0) is 25.2 Å². The van der Waals surface area contributed by atoms with Crippen LogP contribution in [0.25, 0.3) is 0 Å². The van der Waals surface area contributed by atoms with Crippen LogP contribution in [0.1, 0.15) is 39.0 Å². The van der Waals surface area contributed by atoms with Crippen molar-refractivity contribution < 1.29 is 19.5 Å². The van der Waals surface area contributed by atoms with Crippen molar-refractivity contribution in [2.75, 3.05) is 19.6 Å². The molecule has 4 N–H and O–H groups in total. The number of aliphatic carboxylic acids is 1. The van der Waals surface area contributed by atoms with Gasteiger partial charge in [-0.2, -0.15) is 0 Å². The number of urea groups is 1. The van der Waals surface area contributed by atoms with Gasteiger partial charge in [0.05, 0.1) is 6.42 Å². The Labute approximate surface area is 118 Å². The smallest absolute Gasteiger partial charge is 0.314 e. The number of carboxylic acids is 1. The molecule has 0 atom stereocenters. The number of nitrogens with one attached hydrogen (secondary N) is 3. The lowest BCUT2D eigenvalue weighted by Gasteiger charge is -2.40. The Morgan fingerprint density at radius 3 is 2.35 bits per heavy atom. The molecule has 0 radical (unpaired) electrons. The Morgan fingerprint density at radius 2 is 1.85 bits per heavy atom. The van der Waals surface area contributed by atoms with E-state index in [0.29, 0.717) is 13.1 Å². The van der Waals surface area contributed by atoms with Gasteiger partial charge in [0.25, 0.3) is 0 Å². The van der Waals surface area contributed by atoms with E-state index in [2.05, 4.69) is 16.0 Å². The van der Waals surface area contributed by atoms with Crippen molar-refractivity contribution >= 4 is 17.9 Å². The molecule has 0 unspecified atom stereocenters. The van der Waals surface area contributed by atoms with Gasteiger partial charge in [-0.15, -0.1) is 0 Å². The van der Waals surface area contributed by atoms with E-state index in [4.69, 9.17) is 5.11 Å². The molecule has 1 saturated carbocycles. The van der Waals surface area contributed by atoms with Crippen LogP contribution in [0.15, 0.2) is 0 Å². The van der Waals surface area contributed by atoms with Crippen molar-refractivity contribution in [1.82, 2.24) is 16.0 Å². The lowest BCUT2D eigenvalue weighted by molar-refractivity contribution is -0.141. The fourth-order valence-corrected chi connectivity index (χ4v) is 2.32. The Kier molecular flexibility index (Phi) is 6.27. The van der Waals surface area contributed by atoms with Crippen molar-refractivity contribution in [1.29, 1.82) is 0 Å². The normalized spacial score (nSPS) is 15.8. The molecule has 7 nitrogen and oxygen atoms in total. The van der Waals surface area contributed by atoms with Crippen LogP contribution in [0.3, 0.4) is 0 Å². The zero-order chi connectivity index (χ0) is 15.0. The predicted molar refractivity (Wildman–Crippen MR) is 73.2 cm³/mol. The highest BCUT2D eigenvalue weighted by Gasteiger charge is 2.39. The van der Waals surface area contributed by atoms with Crippen LogP contribution < -0.4 is 16.0 Å². The number of hydrogen-bond donors (Lipinski definition) is 4. The van der Waals surface area contributed by atoms with Gasteiger partial charge in [-0.25, -0.2) is 4.79 Å². The van der Waals surface area contributed by atoms with Gasteiger partial charge in [0.15, 0.2) is 0 Å². The number of rotatable bonds is 8. The van der Waals surface area contributed by atoms with Gasteiger partial charge in [-0.3, -0.25) is 9.59 Å². The maximum Gasteiger partial charge on any atom is 0.314 e. The number of hydrogen-bond acceptors (Lipinski definition) is 3. The van der Waals surface area contributed by atoms with Crippen LogP contribution in [0, 0.1) is 5.41 Å². The van der Waals surface area contributed by atoms with Crippen molar-refractivity contribution in [2.45, 2.75) is 39.0 Å². The minimum Gasteiger partial charge on any atom is -0.481 e. The van der Waals surface area contributed by atoms with Crippen LogP contribution in [0.2, 0.25) is 0 Å². The zero-order valence-electron chi connectivity index (χ0n) is 11.8. The average molecular weight is 285 g/mol. The van der Waals surface area contributed by atoms with Gasteiger partial charge in [0.1, 0.15) is 0 Å². The van der Waals surface area contributed by atoms with Gasteiger partial charge < -0.3 is 21.1 Å². The van der Waals surface area contributed by atoms with E-state index in [1.54, 1.807) is 0 Å². The first kappa shape index (κ1) is 16.3. The maximum absolute atomic E-state index is 11.6. The molecule has 1 aliphatic carbocycles. The first-order valence-electron chi connectivity index (χ1n) is 6.98. The maximum atomic E-state index is 11.6. The average Bonchev–Trinajstić information content (AvgIpc) is 2.32. The topological polar surface area (TPSA) is 108 Å². The second-order valence-corrected chi connectivity index (χ2v) is 5.24. The summed E-state index contributed by atoms with van der Waals surface area (Å²) in [5.74, 6) is -0.933. The number of carbonyl (C=O) groups is 3. The summed E-state index contributed by atoms with van der Waals surface area (Å²) in [5, 5.41) is 16.8. The summed E-state index contributed by atoms with van der Waals surface area (Å²) < 4.78 is 0. The molecule has 20 heavy (non-hydrogen) atoms. The second-order valence-electron chi connectivity index (χ2n) is 5.24. The number of carboxylic acid groups (broad SMARTS) is 1. The molecule has 0 aromatic heterocycles. The Balaban J connectivity index is 2.19. The van der Waals surface area contributed by atoms with Gasteiger partial charge in [0, 0.05) is 26.1 Å². The summed E-state index contributed by atoms with van der Waals surface area (Å²) in [6.45, 7) is 3.04. The number of carbonyl (C=O) groups excluding carboxylic acids is 2. The highest BCUT2D eigenvalue weighted by atomic mass is 16.4. The molecule has 1 aliphatic rings. The van der Waals surface area contributed by atoms with E-state index >= 15 is 0 Å². The predicted octanol–water partition coefficient (Wildman–Crippen LogP) is 0.457. The lowest BCUT2D eigenvalue weighted by Crippen LogP contribution is -2.47. The monoisotopic (exact) mass is 285 g/mol. The summed E-state index contributed by atoms with van der Waals surface area (Å²) in [7, 11) is 0. The van der Waals surface area contributed by atoms with Crippen LogP contribution in [0.5, 0.6) is 0 Å². The van der Waals surface area contributed by atoms with E-state index in [0.717, 1.165) is 19.3 Å². The molecule has 0 heterocycles. The SMILES string of the molecule is CCNC(=O)CCNC(=O)NCC1(CC(=O)O)CCC1. The third-order valence-corrected chi connectivity index (χ3v) is 3.58. The zero-order valence-corrected chi connectivity index (χ0v) is 11.8. The van der Waals surface area contributed by atoms with E-state index in [1.807, 2.05) is 6.92 Å². The standard InChI is InChI=1S/C13H23N3O4/c1-2-14-10(17)4-7-15-12(20)16-9-13(5-3-6-13)8-11(18)19/h2-9H2,1H3,(H,14,17)(H,18,19)(H2,15,16,20). The molecule has 0 aromatic rings. The Morgan fingerprint density at radius 1 is 1.15 bits per heavy atom. The van der Waals surface area contributed by atoms with Gasteiger partial charge >= 0.3 is 12.0 Å². The van der Waals surface area contributed by atoms with Gasteiger partial charge in [0.2, 0.25) is 5.91 Å². The number of amides is 3. The van der Waals surface area contributed by atoms with Gasteiger partial charge in [-0.1, -0.05) is 6.42 Å². The fraction of sp³-hybridized carbons (Fsp3) is 0.769. The molecule has 1 fully saturated rings. The first-order chi connectivity index (χ1) is 9.47. The first-order valence-corrected chi connectivity index (χ1v) is 6.98. The van der Waals surface area contributed by atoms with Crippen molar-refractivity contribution in [3.63, 3.8) is 0 Å². The Hall–Kier alpha value is -1.79. The lowest BCUT2D eigenvalue weighted by atomic mass is 9.66. The fourth-order valence-electron chi connectivity index (χ4n) is 2.32. The van der Waals surface area contributed by atoms with E-state index < -0.39 is 5.97 Å². The molecule has 1 rings (SSSR count). The third-order valence-electron chi connectivity index (χ3n) is 3.58. The molecule has 0 aliphatic heterocycles. The molecule has 0 saturated heterocycles. The summed E-state index contributed by atoms with van der Waals surface area (Å²) in [5.41, 5.74) is -0.289. The Bertz CT molecular complexity index is 367. The molecule has 0 spiro atoms. The molecular formula is C13H23N3O4. The summed E-state index contributed by atoms with van der Waals surface area (Å²) in [4.78, 5) is 33.5. The van der Waals surface area contributed by atoms with Crippen molar-refractivity contribution in [3.05, 3.63) is 0 Å². The van der Waals surface area contributed by atoms with Crippen molar-refractivity contribution in [3.8, 4) is 0 Å². The molecule has 7 heteroatoms. The molecule has 0 bridgehead atoms. The van der Waals surface area contributed by atoms with E-state index in [-0.39, 0.29) is 36.7 Å². The summed E-state index contributed by atoms with van der Waals surface area (Å²) >= 11 is 0. The van der Waals surface area contributed by atoms with Crippen LogP contribution in [-0.4, -0.2) is 42.6 Å². The molecule has 3 amide bonds. The second kappa shape index (κ2) is 7.72. The highest BCUT2D eigenvalue weighted by Crippen LogP contribution is 2.43. The van der Waals surface area contributed by atoms with Crippen LogP contribution in [0.4, 0.5) is 4.79 Å². The molecular weight excluding hydrogens is 262 g/mol. The van der Waals surface area contributed by atoms with Crippen LogP contribution >= 0.6 is 0 Å². The largest absolute Gasteiger partial charge is 0.481 e.